The molecule has 1 aliphatic heterocycles. The minimum absolute atomic E-state index is 0.0452. The summed E-state index contributed by atoms with van der Waals surface area (Å²) in [6.07, 6.45) is 4.43. The molecule has 6 nitrogen and oxygen atoms in total. The third kappa shape index (κ3) is 3.24. The molecular formula is C21H28N4O2. The van der Waals surface area contributed by atoms with Crippen LogP contribution < -0.4 is 4.90 Å². The van der Waals surface area contributed by atoms with Crippen molar-refractivity contribution >= 4 is 11.8 Å². The Balaban J connectivity index is 1.40. The quantitative estimate of drug-likeness (QED) is 0.762. The maximum absolute atomic E-state index is 13.0. The van der Waals surface area contributed by atoms with Gasteiger partial charge in [0, 0.05) is 32.1 Å². The summed E-state index contributed by atoms with van der Waals surface area (Å²) < 4.78 is 5.90. The maximum Gasteiger partial charge on any atom is 0.234 e. The number of hydrogen-bond acceptors (Lipinski definition) is 5. The summed E-state index contributed by atoms with van der Waals surface area (Å²) >= 11 is 0. The average molecular weight is 368 g/mol. The highest BCUT2D eigenvalue weighted by Gasteiger charge is 2.61. The van der Waals surface area contributed by atoms with Gasteiger partial charge >= 0.3 is 0 Å². The number of anilines is 1. The minimum atomic E-state index is 0.0452. The van der Waals surface area contributed by atoms with Crippen LogP contribution in [0.25, 0.3) is 0 Å². The van der Waals surface area contributed by atoms with E-state index in [2.05, 4.69) is 49.7 Å². The molecule has 2 aliphatic carbocycles. The largest absolute Gasteiger partial charge is 0.423 e. The lowest BCUT2D eigenvalue weighted by Gasteiger charge is -2.35. The summed E-state index contributed by atoms with van der Waals surface area (Å²) in [4.78, 5) is 21.4. The van der Waals surface area contributed by atoms with E-state index in [9.17, 15) is 10.1 Å². The Hall–Kier alpha value is -2.29. The molecule has 3 aliphatic rings. The van der Waals surface area contributed by atoms with Gasteiger partial charge in [0.25, 0.3) is 0 Å². The van der Waals surface area contributed by atoms with Gasteiger partial charge in [-0.2, -0.15) is 5.26 Å². The molecule has 1 aromatic heterocycles. The Bertz CT molecular complexity index is 816. The molecule has 2 heterocycles. The predicted octanol–water partition coefficient (Wildman–Crippen LogP) is 3.31. The fourth-order valence-corrected chi connectivity index (χ4v) is 4.27. The van der Waals surface area contributed by atoms with Gasteiger partial charge in [0.2, 0.25) is 23.4 Å². The number of piperazine rings is 1. The number of nitriles is 1. The first kappa shape index (κ1) is 18.1. The summed E-state index contributed by atoms with van der Waals surface area (Å²) in [6, 6.07) is 2.16. The van der Waals surface area contributed by atoms with Crippen molar-refractivity contribution in [1.82, 2.24) is 9.88 Å². The second-order valence-corrected chi connectivity index (χ2v) is 8.97. The molecule has 1 aromatic rings. The van der Waals surface area contributed by atoms with Gasteiger partial charge in [-0.25, -0.2) is 4.98 Å². The van der Waals surface area contributed by atoms with Crippen molar-refractivity contribution in [2.75, 3.05) is 31.1 Å². The van der Waals surface area contributed by atoms with E-state index < -0.39 is 0 Å². The van der Waals surface area contributed by atoms with E-state index in [0.29, 0.717) is 55.5 Å². The molecule has 6 heteroatoms. The van der Waals surface area contributed by atoms with Gasteiger partial charge in [0.15, 0.2) is 0 Å². The zero-order valence-corrected chi connectivity index (χ0v) is 16.7. The van der Waals surface area contributed by atoms with Crippen molar-refractivity contribution in [2.24, 2.45) is 17.3 Å². The molecule has 0 bridgehead atoms. The number of carbonyl (C=O) groups excluding carboxylic acids is 1. The molecule has 1 amide bonds. The highest BCUT2D eigenvalue weighted by atomic mass is 16.4. The van der Waals surface area contributed by atoms with Crippen LogP contribution in [-0.4, -0.2) is 42.0 Å². The molecule has 0 unspecified atom stereocenters. The molecule has 0 radical (unpaired) electrons. The topological polar surface area (TPSA) is 73.4 Å². The zero-order valence-electron chi connectivity index (χ0n) is 16.7. The van der Waals surface area contributed by atoms with Gasteiger partial charge in [-0.3, -0.25) is 4.79 Å². The number of nitrogens with zero attached hydrogens (tertiary/aromatic N) is 4. The van der Waals surface area contributed by atoms with Gasteiger partial charge in [-0.05, 0) is 38.0 Å². The molecular weight excluding hydrogens is 340 g/mol. The molecule has 2 saturated carbocycles. The zero-order chi connectivity index (χ0) is 19.3. The Morgan fingerprint density at radius 1 is 1.26 bits per heavy atom. The van der Waals surface area contributed by atoms with Crippen molar-refractivity contribution < 1.29 is 9.21 Å². The minimum Gasteiger partial charge on any atom is -0.423 e. The number of hydrogen-bond donors (Lipinski definition) is 0. The first-order valence-electron chi connectivity index (χ1n) is 9.92. The standard InChI is InChI=1S/C21H28N4O2/c1-13(2)11-15-17(21(15,3)4)19(26)24-7-9-25(10-8-24)20-16(12-22)23-18(27-20)14-5-6-14/h11,14-15,17H,5-10H2,1-4H3/t15-,17+/m0/s1. The van der Waals surface area contributed by atoms with Gasteiger partial charge in [-0.15, -0.1) is 0 Å². The number of oxazole rings is 1. The van der Waals surface area contributed by atoms with Crippen LogP contribution in [0, 0.1) is 28.6 Å². The summed E-state index contributed by atoms with van der Waals surface area (Å²) in [6.45, 7) is 11.2. The van der Waals surface area contributed by atoms with Gasteiger partial charge in [0.05, 0.1) is 5.92 Å². The lowest BCUT2D eigenvalue weighted by atomic mass is 10.1. The number of carbonyl (C=O) groups is 1. The van der Waals surface area contributed by atoms with Crippen molar-refractivity contribution in [2.45, 2.75) is 46.5 Å². The average Bonchev–Trinajstić information content (AvgIpc) is 3.51. The van der Waals surface area contributed by atoms with Crippen LogP contribution in [0.1, 0.15) is 58.0 Å². The monoisotopic (exact) mass is 368 g/mol. The molecule has 0 N–H and O–H groups in total. The van der Waals surface area contributed by atoms with E-state index in [1.54, 1.807) is 0 Å². The van der Waals surface area contributed by atoms with Crippen LogP contribution >= 0.6 is 0 Å². The maximum atomic E-state index is 13.0. The van der Waals surface area contributed by atoms with Crippen molar-refractivity contribution in [3.63, 3.8) is 0 Å². The summed E-state index contributed by atoms with van der Waals surface area (Å²) in [5.41, 5.74) is 1.70. The molecule has 1 saturated heterocycles. The lowest BCUT2D eigenvalue weighted by Crippen LogP contribution is -2.49. The van der Waals surface area contributed by atoms with Crippen LogP contribution in [0.15, 0.2) is 16.1 Å². The Morgan fingerprint density at radius 3 is 2.48 bits per heavy atom. The number of allylic oxidation sites excluding steroid dienone is 2. The van der Waals surface area contributed by atoms with E-state index in [4.69, 9.17) is 4.42 Å². The molecule has 0 spiro atoms. The second-order valence-electron chi connectivity index (χ2n) is 8.97. The third-order valence-electron chi connectivity index (χ3n) is 6.23. The van der Waals surface area contributed by atoms with Crippen LogP contribution in [0.2, 0.25) is 0 Å². The van der Waals surface area contributed by atoms with Crippen molar-refractivity contribution in [3.05, 3.63) is 23.2 Å². The highest BCUT2D eigenvalue weighted by molar-refractivity contribution is 5.84. The van der Waals surface area contributed by atoms with E-state index in [0.717, 1.165) is 12.8 Å². The van der Waals surface area contributed by atoms with Crippen LogP contribution in [0.4, 0.5) is 5.88 Å². The molecule has 2 atom stereocenters. The van der Waals surface area contributed by atoms with E-state index >= 15 is 0 Å². The lowest BCUT2D eigenvalue weighted by molar-refractivity contribution is -0.133. The first-order valence-corrected chi connectivity index (χ1v) is 9.92. The second kappa shape index (κ2) is 6.40. The molecule has 27 heavy (non-hydrogen) atoms. The fourth-order valence-electron chi connectivity index (χ4n) is 4.27. The van der Waals surface area contributed by atoms with Crippen LogP contribution in [0.3, 0.4) is 0 Å². The third-order valence-corrected chi connectivity index (χ3v) is 6.23. The first-order chi connectivity index (χ1) is 12.8. The van der Waals surface area contributed by atoms with Gasteiger partial charge < -0.3 is 14.2 Å². The normalized spacial score (nSPS) is 26.5. The SMILES string of the molecule is CC(C)=C[C@H]1[C@H](C(=O)N2CCN(c3oc(C4CC4)nc3C#N)CC2)C1(C)C. The van der Waals surface area contributed by atoms with Gasteiger partial charge in [0.1, 0.15) is 6.07 Å². The van der Waals surface area contributed by atoms with Crippen molar-refractivity contribution in [3.8, 4) is 6.07 Å². The number of amides is 1. The van der Waals surface area contributed by atoms with E-state index in [-0.39, 0.29) is 17.2 Å². The van der Waals surface area contributed by atoms with Crippen LogP contribution in [0.5, 0.6) is 0 Å². The summed E-state index contributed by atoms with van der Waals surface area (Å²) in [5, 5.41) is 9.38. The molecule has 4 rings (SSSR count). The number of rotatable bonds is 4. The molecule has 0 aromatic carbocycles. The molecule has 144 valence electrons. The highest BCUT2D eigenvalue weighted by Crippen LogP contribution is 2.60. The number of aromatic nitrogens is 1. The predicted molar refractivity (Wildman–Crippen MR) is 102 cm³/mol. The van der Waals surface area contributed by atoms with E-state index in [1.165, 1.54) is 5.57 Å². The summed E-state index contributed by atoms with van der Waals surface area (Å²) in [5.74, 6) is 2.36. The Kier molecular flexibility index (Phi) is 4.29. The fraction of sp³-hybridized carbons (Fsp3) is 0.667. The van der Waals surface area contributed by atoms with Crippen LogP contribution in [-0.2, 0) is 4.79 Å². The van der Waals surface area contributed by atoms with Crippen molar-refractivity contribution in [1.29, 1.82) is 5.26 Å². The Labute approximate surface area is 160 Å². The Morgan fingerprint density at radius 2 is 1.93 bits per heavy atom. The molecule has 3 fully saturated rings. The summed E-state index contributed by atoms with van der Waals surface area (Å²) in [7, 11) is 0. The van der Waals surface area contributed by atoms with E-state index in [1.807, 2.05) is 4.90 Å². The van der Waals surface area contributed by atoms with Gasteiger partial charge in [-0.1, -0.05) is 25.5 Å². The smallest absolute Gasteiger partial charge is 0.234 e.